The maximum absolute atomic E-state index is 12.5. The van der Waals surface area contributed by atoms with Gasteiger partial charge in [0.05, 0.1) is 18.3 Å². The second-order valence-corrected chi connectivity index (χ2v) is 5.61. The molecule has 1 fully saturated rings. The van der Waals surface area contributed by atoms with Gasteiger partial charge in [-0.15, -0.1) is 0 Å². The molecular formula is C16H18N4O4. The summed E-state index contributed by atoms with van der Waals surface area (Å²) in [4.78, 5) is 33.3. The molecule has 1 saturated heterocycles. The van der Waals surface area contributed by atoms with E-state index in [0.717, 1.165) is 0 Å². The number of hydrogen-bond acceptors (Lipinski definition) is 5. The number of carbonyl (C=O) groups excluding carboxylic acids is 1. The standard InChI is InChI=1S/C16H18N4O4/c1-24-13-3-2-11-14(19-13)12(4-7-17-11)18-15(21)10-5-8-20(9-6-10)16(22)23/h2-4,7,10H,5-6,8-9H2,1H3,(H,22,23)(H,17,18,21). The highest BCUT2D eigenvalue weighted by Crippen LogP contribution is 2.24. The summed E-state index contributed by atoms with van der Waals surface area (Å²) in [6.45, 7) is 0.743. The molecule has 3 heterocycles. The van der Waals surface area contributed by atoms with Crippen LogP contribution in [0.15, 0.2) is 24.4 Å². The maximum Gasteiger partial charge on any atom is 0.407 e. The van der Waals surface area contributed by atoms with Gasteiger partial charge in [0.1, 0.15) is 5.52 Å². The number of rotatable bonds is 3. The quantitative estimate of drug-likeness (QED) is 0.891. The number of ether oxygens (including phenoxy) is 1. The van der Waals surface area contributed by atoms with Crippen molar-refractivity contribution in [2.75, 3.05) is 25.5 Å². The van der Waals surface area contributed by atoms with Crippen LogP contribution in [0.2, 0.25) is 0 Å². The van der Waals surface area contributed by atoms with E-state index in [-0.39, 0.29) is 11.8 Å². The largest absolute Gasteiger partial charge is 0.481 e. The molecule has 3 rings (SSSR count). The fraction of sp³-hybridized carbons (Fsp3) is 0.375. The first-order valence-corrected chi connectivity index (χ1v) is 7.67. The second kappa shape index (κ2) is 6.69. The molecule has 0 radical (unpaired) electrons. The van der Waals surface area contributed by atoms with E-state index >= 15 is 0 Å². The predicted molar refractivity (Wildman–Crippen MR) is 87.0 cm³/mol. The normalized spacial score (nSPS) is 15.3. The Morgan fingerprint density at radius 3 is 2.71 bits per heavy atom. The summed E-state index contributed by atoms with van der Waals surface area (Å²) in [5.74, 6) is 0.104. The fourth-order valence-electron chi connectivity index (χ4n) is 2.79. The molecule has 2 aromatic heterocycles. The van der Waals surface area contributed by atoms with Gasteiger partial charge in [0.25, 0.3) is 0 Å². The maximum atomic E-state index is 12.5. The number of nitrogens with zero attached hydrogens (tertiary/aromatic N) is 3. The van der Waals surface area contributed by atoms with Gasteiger partial charge in [-0.25, -0.2) is 9.78 Å². The molecule has 0 aromatic carbocycles. The number of aromatic nitrogens is 2. The van der Waals surface area contributed by atoms with Crippen LogP contribution in [-0.2, 0) is 4.79 Å². The lowest BCUT2D eigenvalue weighted by molar-refractivity contribution is -0.121. The minimum atomic E-state index is -0.940. The van der Waals surface area contributed by atoms with Crippen molar-refractivity contribution in [2.45, 2.75) is 12.8 Å². The lowest BCUT2D eigenvalue weighted by Crippen LogP contribution is -2.40. The Labute approximate surface area is 138 Å². The molecule has 8 nitrogen and oxygen atoms in total. The van der Waals surface area contributed by atoms with E-state index in [1.165, 1.54) is 12.0 Å². The van der Waals surface area contributed by atoms with Gasteiger partial charge in [-0.05, 0) is 25.0 Å². The van der Waals surface area contributed by atoms with Crippen molar-refractivity contribution in [1.82, 2.24) is 14.9 Å². The number of pyridine rings is 2. The van der Waals surface area contributed by atoms with Gasteiger partial charge in [-0.2, -0.15) is 0 Å². The van der Waals surface area contributed by atoms with Crippen LogP contribution < -0.4 is 10.1 Å². The Balaban J connectivity index is 1.75. The van der Waals surface area contributed by atoms with Crippen LogP contribution in [0, 0.1) is 5.92 Å². The van der Waals surface area contributed by atoms with Crippen LogP contribution in [0.4, 0.5) is 10.5 Å². The molecule has 1 aliphatic heterocycles. The highest BCUT2D eigenvalue weighted by molar-refractivity contribution is 6.00. The minimum Gasteiger partial charge on any atom is -0.481 e. The summed E-state index contributed by atoms with van der Waals surface area (Å²) in [5.41, 5.74) is 1.80. The average molecular weight is 330 g/mol. The Morgan fingerprint density at radius 2 is 2.04 bits per heavy atom. The number of likely N-dealkylation sites (tertiary alicyclic amines) is 1. The number of methoxy groups -OCH3 is 1. The molecule has 0 spiro atoms. The fourth-order valence-corrected chi connectivity index (χ4v) is 2.79. The number of anilines is 1. The van der Waals surface area contributed by atoms with Crippen molar-refractivity contribution in [3.05, 3.63) is 24.4 Å². The molecule has 0 saturated carbocycles. The molecule has 0 bridgehead atoms. The number of nitrogens with one attached hydrogen (secondary N) is 1. The van der Waals surface area contributed by atoms with E-state index in [1.54, 1.807) is 24.4 Å². The molecule has 2 N–H and O–H groups in total. The van der Waals surface area contributed by atoms with Gasteiger partial charge < -0.3 is 20.1 Å². The van der Waals surface area contributed by atoms with Crippen LogP contribution in [0.25, 0.3) is 11.0 Å². The number of carbonyl (C=O) groups is 2. The zero-order valence-electron chi connectivity index (χ0n) is 13.2. The zero-order chi connectivity index (χ0) is 17.1. The molecule has 8 heteroatoms. The van der Waals surface area contributed by atoms with Gasteiger partial charge in [0.15, 0.2) is 0 Å². The Hall–Kier alpha value is -2.90. The van der Waals surface area contributed by atoms with E-state index in [4.69, 9.17) is 9.84 Å². The zero-order valence-corrected chi connectivity index (χ0v) is 13.2. The van der Waals surface area contributed by atoms with Crippen molar-refractivity contribution < 1.29 is 19.4 Å². The predicted octanol–water partition coefficient (Wildman–Crippen LogP) is 1.97. The van der Waals surface area contributed by atoms with Crippen molar-refractivity contribution in [1.29, 1.82) is 0 Å². The summed E-state index contributed by atoms with van der Waals surface area (Å²) < 4.78 is 5.12. The lowest BCUT2D eigenvalue weighted by Gasteiger charge is -2.29. The van der Waals surface area contributed by atoms with Crippen LogP contribution in [-0.4, -0.2) is 52.2 Å². The Kier molecular flexibility index (Phi) is 4.45. The summed E-state index contributed by atoms with van der Waals surface area (Å²) in [5, 5.41) is 11.9. The van der Waals surface area contributed by atoms with Crippen LogP contribution in [0.1, 0.15) is 12.8 Å². The average Bonchev–Trinajstić information content (AvgIpc) is 2.61. The number of piperidine rings is 1. The molecule has 0 atom stereocenters. The van der Waals surface area contributed by atoms with Crippen LogP contribution >= 0.6 is 0 Å². The van der Waals surface area contributed by atoms with Crippen molar-refractivity contribution >= 4 is 28.7 Å². The highest BCUT2D eigenvalue weighted by Gasteiger charge is 2.27. The minimum absolute atomic E-state index is 0.128. The van der Waals surface area contributed by atoms with Crippen molar-refractivity contribution in [2.24, 2.45) is 5.92 Å². The monoisotopic (exact) mass is 330 g/mol. The smallest absolute Gasteiger partial charge is 0.407 e. The van der Waals surface area contributed by atoms with E-state index < -0.39 is 6.09 Å². The van der Waals surface area contributed by atoms with Gasteiger partial charge in [0.2, 0.25) is 11.8 Å². The molecule has 2 aromatic rings. The van der Waals surface area contributed by atoms with Gasteiger partial charge in [0, 0.05) is 31.3 Å². The Morgan fingerprint density at radius 1 is 1.29 bits per heavy atom. The lowest BCUT2D eigenvalue weighted by atomic mass is 9.96. The van der Waals surface area contributed by atoms with E-state index in [0.29, 0.717) is 48.5 Å². The topological polar surface area (TPSA) is 105 Å². The van der Waals surface area contributed by atoms with Crippen LogP contribution in [0.3, 0.4) is 0 Å². The van der Waals surface area contributed by atoms with Gasteiger partial charge >= 0.3 is 6.09 Å². The van der Waals surface area contributed by atoms with Gasteiger partial charge in [-0.3, -0.25) is 9.78 Å². The van der Waals surface area contributed by atoms with Crippen molar-refractivity contribution in [3.63, 3.8) is 0 Å². The third kappa shape index (κ3) is 3.22. The van der Waals surface area contributed by atoms with Gasteiger partial charge in [-0.1, -0.05) is 0 Å². The number of hydrogen-bond donors (Lipinski definition) is 2. The first-order valence-electron chi connectivity index (χ1n) is 7.67. The highest BCUT2D eigenvalue weighted by atomic mass is 16.5. The van der Waals surface area contributed by atoms with Crippen LogP contribution in [0.5, 0.6) is 5.88 Å². The molecule has 0 aliphatic carbocycles. The van der Waals surface area contributed by atoms with E-state index in [9.17, 15) is 9.59 Å². The number of carboxylic acid groups (broad SMARTS) is 1. The molecule has 24 heavy (non-hydrogen) atoms. The van der Waals surface area contributed by atoms with Crippen molar-refractivity contribution in [3.8, 4) is 5.88 Å². The summed E-state index contributed by atoms with van der Waals surface area (Å²) >= 11 is 0. The first kappa shape index (κ1) is 16.0. The molecular weight excluding hydrogens is 312 g/mol. The Bertz CT molecular complexity index is 772. The second-order valence-electron chi connectivity index (χ2n) is 5.61. The first-order chi connectivity index (χ1) is 11.6. The van der Waals surface area contributed by atoms with E-state index in [2.05, 4.69) is 15.3 Å². The summed E-state index contributed by atoms with van der Waals surface area (Å²) in [7, 11) is 1.53. The SMILES string of the molecule is COc1ccc2nccc(NC(=O)C3CCN(C(=O)O)CC3)c2n1. The molecule has 126 valence electrons. The molecule has 1 aliphatic rings. The number of fused-ring (bicyclic) bond motifs is 1. The summed E-state index contributed by atoms with van der Waals surface area (Å²) in [6, 6.07) is 5.18. The summed E-state index contributed by atoms with van der Waals surface area (Å²) in [6.07, 6.45) is 1.69. The molecule has 2 amide bonds. The third-order valence-electron chi connectivity index (χ3n) is 4.16. The van der Waals surface area contributed by atoms with E-state index in [1.807, 2.05) is 0 Å². The third-order valence-corrected chi connectivity index (χ3v) is 4.16. The molecule has 0 unspecified atom stereocenters. The number of amides is 2.